The molecule has 0 aliphatic carbocycles. The van der Waals surface area contributed by atoms with Gasteiger partial charge in [-0.15, -0.1) is 0 Å². The van der Waals surface area contributed by atoms with Crippen molar-refractivity contribution in [2.75, 3.05) is 31.8 Å². The van der Waals surface area contributed by atoms with Crippen LogP contribution in [-0.4, -0.2) is 41.7 Å². The van der Waals surface area contributed by atoms with Gasteiger partial charge < -0.3 is 20.7 Å². The molecule has 0 saturated carbocycles. The zero-order valence-electron chi connectivity index (χ0n) is 14.2. The lowest BCUT2D eigenvalue weighted by Gasteiger charge is -2.13. The Balaban J connectivity index is 2.13. The van der Waals surface area contributed by atoms with E-state index in [4.69, 9.17) is 4.74 Å². The Hall–Kier alpha value is -3.43. The van der Waals surface area contributed by atoms with Gasteiger partial charge in [0, 0.05) is 32.3 Å². The summed E-state index contributed by atoms with van der Waals surface area (Å²) < 4.78 is 33.9. The van der Waals surface area contributed by atoms with Gasteiger partial charge in [-0.2, -0.15) is 9.61 Å². The summed E-state index contributed by atoms with van der Waals surface area (Å²) in [6.45, 7) is 0. The lowest BCUT2D eigenvalue weighted by Crippen LogP contribution is -2.18. The highest BCUT2D eigenvalue weighted by Gasteiger charge is 2.18. The lowest BCUT2D eigenvalue weighted by atomic mass is 10.2. The second-order valence-corrected chi connectivity index (χ2v) is 5.24. The molecule has 8 nitrogen and oxygen atoms in total. The molecule has 10 heteroatoms. The topological polar surface area (TPSA) is 92.6 Å². The summed E-state index contributed by atoms with van der Waals surface area (Å²) in [5.74, 6) is -1.36. The number of nitrogens with one attached hydrogen (secondary N) is 3. The SMILES string of the molecule is CNC(=O)c1cnn2c(NC)cc(Nc3cc(F)cc(F)c3OC)nc12. The standard InChI is InChI=1S/C16H16F2N6O2/c1-19-13-6-12(22-11-5-8(17)4-10(18)14(11)26-3)23-15-9(16(25)20-2)7-21-24(13)15/h4-7,19H,1-3H3,(H,20,25)(H,22,23). The zero-order valence-corrected chi connectivity index (χ0v) is 14.2. The number of carbonyl (C=O) groups excluding carboxylic acids is 1. The van der Waals surface area contributed by atoms with Gasteiger partial charge >= 0.3 is 0 Å². The molecule has 0 saturated heterocycles. The van der Waals surface area contributed by atoms with Crippen LogP contribution in [0.15, 0.2) is 24.4 Å². The highest BCUT2D eigenvalue weighted by molar-refractivity contribution is 5.99. The fourth-order valence-electron chi connectivity index (χ4n) is 2.50. The average molecular weight is 362 g/mol. The molecule has 3 aromatic rings. The molecule has 3 N–H and O–H groups in total. The Morgan fingerprint density at radius 2 is 2.00 bits per heavy atom. The number of benzene rings is 1. The number of hydrogen-bond donors (Lipinski definition) is 3. The van der Waals surface area contributed by atoms with Gasteiger partial charge in [0.1, 0.15) is 23.0 Å². The minimum atomic E-state index is -0.847. The van der Waals surface area contributed by atoms with Crippen molar-refractivity contribution in [1.82, 2.24) is 19.9 Å². The fraction of sp³-hybridized carbons (Fsp3) is 0.188. The maximum atomic E-state index is 13.9. The van der Waals surface area contributed by atoms with Crippen LogP contribution in [0.5, 0.6) is 5.75 Å². The van der Waals surface area contributed by atoms with Gasteiger partial charge in [0.05, 0.1) is 19.0 Å². The molecule has 26 heavy (non-hydrogen) atoms. The summed E-state index contributed by atoms with van der Waals surface area (Å²) in [7, 11) is 4.44. The number of fused-ring (bicyclic) bond motifs is 1. The Labute approximate surface area is 147 Å². The summed E-state index contributed by atoms with van der Waals surface area (Å²) in [5, 5.41) is 12.4. The van der Waals surface area contributed by atoms with E-state index in [9.17, 15) is 13.6 Å². The molecule has 0 aliphatic rings. The van der Waals surface area contributed by atoms with Crippen LogP contribution in [0.4, 0.5) is 26.1 Å². The van der Waals surface area contributed by atoms with Gasteiger partial charge in [-0.1, -0.05) is 0 Å². The maximum absolute atomic E-state index is 13.9. The monoisotopic (exact) mass is 362 g/mol. The molecule has 2 aromatic heterocycles. The number of hydrogen-bond acceptors (Lipinski definition) is 6. The molecule has 3 rings (SSSR count). The van der Waals surface area contributed by atoms with Crippen molar-refractivity contribution in [2.24, 2.45) is 0 Å². The normalized spacial score (nSPS) is 10.7. The van der Waals surface area contributed by atoms with Crippen molar-refractivity contribution in [3.8, 4) is 5.75 Å². The van der Waals surface area contributed by atoms with Crippen molar-refractivity contribution in [3.05, 3.63) is 41.6 Å². The van der Waals surface area contributed by atoms with E-state index < -0.39 is 11.6 Å². The van der Waals surface area contributed by atoms with Gasteiger partial charge in [0.25, 0.3) is 5.91 Å². The molecular formula is C16H16F2N6O2. The maximum Gasteiger partial charge on any atom is 0.256 e. The van der Waals surface area contributed by atoms with Crippen LogP contribution in [0.25, 0.3) is 5.65 Å². The molecular weight excluding hydrogens is 346 g/mol. The Kier molecular flexibility index (Phi) is 4.57. The number of methoxy groups -OCH3 is 1. The molecule has 0 spiro atoms. The molecule has 0 unspecified atom stereocenters. The van der Waals surface area contributed by atoms with Gasteiger partial charge in [-0.05, 0) is 0 Å². The summed E-state index contributed by atoms with van der Waals surface area (Å²) in [4.78, 5) is 16.3. The predicted molar refractivity (Wildman–Crippen MR) is 92.1 cm³/mol. The fourth-order valence-corrected chi connectivity index (χ4v) is 2.50. The quantitative estimate of drug-likeness (QED) is 0.644. The number of rotatable bonds is 5. The molecule has 1 amide bonds. The molecule has 1 aromatic carbocycles. The number of aromatic nitrogens is 3. The third-order valence-electron chi connectivity index (χ3n) is 3.67. The van der Waals surface area contributed by atoms with Crippen LogP contribution in [-0.2, 0) is 0 Å². The second-order valence-electron chi connectivity index (χ2n) is 5.24. The number of nitrogens with zero attached hydrogens (tertiary/aromatic N) is 3. The Morgan fingerprint density at radius 3 is 2.65 bits per heavy atom. The minimum absolute atomic E-state index is 0.0601. The van der Waals surface area contributed by atoms with Crippen LogP contribution >= 0.6 is 0 Å². The lowest BCUT2D eigenvalue weighted by molar-refractivity contribution is 0.0964. The molecule has 136 valence electrons. The van der Waals surface area contributed by atoms with E-state index >= 15 is 0 Å². The molecule has 0 atom stereocenters. The van der Waals surface area contributed by atoms with Gasteiger partial charge in [0.15, 0.2) is 17.2 Å². The first-order valence-electron chi connectivity index (χ1n) is 7.57. The van der Waals surface area contributed by atoms with Gasteiger partial charge in [0.2, 0.25) is 0 Å². The first kappa shape index (κ1) is 17.4. The van der Waals surface area contributed by atoms with E-state index in [0.29, 0.717) is 5.82 Å². The number of ether oxygens (including phenoxy) is 1. The van der Waals surface area contributed by atoms with Crippen LogP contribution in [0.1, 0.15) is 10.4 Å². The summed E-state index contributed by atoms with van der Waals surface area (Å²) in [6, 6.07) is 3.39. The third kappa shape index (κ3) is 2.96. The number of anilines is 3. The van der Waals surface area contributed by atoms with Gasteiger partial charge in [-0.25, -0.2) is 13.8 Å². The van der Waals surface area contributed by atoms with Gasteiger partial charge in [-0.3, -0.25) is 4.79 Å². The largest absolute Gasteiger partial charge is 0.492 e. The van der Waals surface area contributed by atoms with E-state index in [0.717, 1.165) is 12.1 Å². The van der Waals surface area contributed by atoms with E-state index in [2.05, 4.69) is 26.0 Å². The summed E-state index contributed by atoms with van der Waals surface area (Å²) >= 11 is 0. The average Bonchev–Trinajstić information content (AvgIpc) is 3.04. The zero-order chi connectivity index (χ0) is 18.8. The molecule has 0 fully saturated rings. The van der Waals surface area contributed by atoms with Crippen molar-refractivity contribution >= 4 is 28.9 Å². The van der Waals surface area contributed by atoms with E-state index in [1.807, 2.05) is 0 Å². The van der Waals surface area contributed by atoms with E-state index in [-0.39, 0.29) is 34.4 Å². The van der Waals surface area contributed by atoms with Crippen LogP contribution in [0.3, 0.4) is 0 Å². The van der Waals surface area contributed by atoms with E-state index in [1.165, 1.54) is 24.9 Å². The number of halogens is 2. The van der Waals surface area contributed by atoms with Crippen molar-refractivity contribution in [2.45, 2.75) is 0 Å². The number of carbonyl (C=O) groups is 1. The van der Waals surface area contributed by atoms with Crippen molar-refractivity contribution in [1.29, 1.82) is 0 Å². The van der Waals surface area contributed by atoms with Crippen molar-refractivity contribution < 1.29 is 18.3 Å². The molecule has 0 aliphatic heterocycles. The summed E-state index contributed by atoms with van der Waals surface area (Å²) in [6.07, 6.45) is 1.38. The van der Waals surface area contributed by atoms with Crippen LogP contribution in [0, 0.1) is 11.6 Å². The van der Waals surface area contributed by atoms with Crippen molar-refractivity contribution in [3.63, 3.8) is 0 Å². The van der Waals surface area contributed by atoms with Crippen LogP contribution in [0.2, 0.25) is 0 Å². The first-order chi connectivity index (χ1) is 12.5. The highest BCUT2D eigenvalue weighted by atomic mass is 19.1. The second kappa shape index (κ2) is 6.82. The molecule has 0 radical (unpaired) electrons. The smallest absolute Gasteiger partial charge is 0.256 e. The van der Waals surface area contributed by atoms with E-state index in [1.54, 1.807) is 13.1 Å². The summed E-state index contributed by atoms with van der Waals surface area (Å²) in [5.41, 5.74) is 0.587. The Morgan fingerprint density at radius 1 is 1.23 bits per heavy atom. The first-order valence-corrected chi connectivity index (χ1v) is 7.57. The van der Waals surface area contributed by atoms with Crippen LogP contribution < -0.4 is 20.7 Å². The highest BCUT2D eigenvalue weighted by Crippen LogP contribution is 2.32. The minimum Gasteiger partial charge on any atom is -0.492 e. The molecule has 2 heterocycles. The number of amides is 1. The predicted octanol–water partition coefficient (Wildman–Crippen LogP) is 2.16. The molecule has 0 bridgehead atoms. The Bertz CT molecular complexity index is 989. The third-order valence-corrected chi connectivity index (χ3v) is 3.67.